The number of halogens is 1. The minimum absolute atomic E-state index is 0.0968. The molecule has 2 aromatic rings. The van der Waals surface area contributed by atoms with Crippen LogP contribution < -0.4 is 10.1 Å². The highest BCUT2D eigenvalue weighted by Crippen LogP contribution is 2.34. The maximum Gasteiger partial charge on any atom is 0.237 e. The lowest BCUT2D eigenvalue weighted by Crippen LogP contribution is -2.22. The molecule has 1 aromatic heterocycles. The van der Waals surface area contributed by atoms with Crippen LogP contribution in [0.4, 0.5) is 5.13 Å². The van der Waals surface area contributed by atoms with Gasteiger partial charge in [0.15, 0.2) is 5.13 Å². The van der Waals surface area contributed by atoms with E-state index in [1.54, 1.807) is 0 Å². The summed E-state index contributed by atoms with van der Waals surface area (Å²) in [6.07, 6.45) is 0. The number of thiazole rings is 1. The van der Waals surface area contributed by atoms with E-state index in [2.05, 4.69) is 10.3 Å². The number of amides is 1. The first-order valence-corrected chi connectivity index (χ1v) is 7.22. The van der Waals surface area contributed by atoms with Crippen molar-refractivity contribution in [2.75, 3.05) is 11.9 Å². The molecule has 0 aliphatic carbocycles. The molecule has 6 heteroatoms. The normalized spacial score (nSPS) is 16.8. The van der Waals surface area contributed by atoms with Gasteiger partial charge in [0.05, 0.1) is 11.6 Å². The van der Waals surface area contributed by atoms with Crippen LogP contribution in [0.15, 0.2) is 29.6 Å². The molecule has 0 bridgehead atoms. The van der Waals surface area contributed by atoms with Gasteiger partial charge in [-0.2, -0.15) is 0 Å². The van der Waals surface area contributed by atoms with Crippen molar-refractivity contribution >= 4 is 34.0 Å². The summed E-state index contributed by atoms with van der Waals surface area (Å²) in [4.78, 5) is 16.4. The second-order valence-electron chi connectivity index (χ2n) is 4.17. The van der Waals surface area contributed by atoms with Crippen LogP contribution in [0.5, 0.6) is 5.75 Å². The van der Waals surface area contributed by atoms with Crippen molar-refractivity contribution in [2.24, 2.45) is 0 Å². The average molecular weight is 295 g/mol. The van der Waals surface area contributed by atoms with E-state index in [1.807, 2.05) is 29.6 Å². The number of carbonyl (C=O) groups excluding carboxylic acids is 1. The van der Waals surface area contributed by atoms with Gasteiger partial charge in [-0.05, 0) is 6.07 Å². The first kappa shape index (κ1) is 12.4. The predicted molar refractivity (Wildman–Crippen MR) is 75.0 cm³/mol. The Kier molecular flexibility index (Phi) is 3.40. The van der Waals surface area contributed by atoms with Gasteiger partial charge < -0.3 is 10.1 Å². The van der Waals surface area contributed by atoms with Crippen molar-refractivity contribution in [3.8, 4) is 5.75 Å². The highest BCUT2D eigenvalue weighted by molar-refractivity contribution is 7.14. The van der Waals surface area contributed by atoms with Crippen LogP contribution in [0.25, 0.3) is 0 Å². The van der Waals surface area contributed by atoms with Gasteiger partial charge in [-0.3, -0.25) is 4.79 Å². The summed E-state index contributed by atoms with van der Waals surface area (Å²) in [5.74, 6) is 0.755. The first-order valence-electron chi connectivity index (χ1n) is 5.81. The summed E-state index contributed by atoms with van der Waals surface area (Å²) in [7, 11) is 0. The van der Waals surface area contributed by atoms with Crippen molar-refractivity contribution < 1.29 is 9.53 Å². The van der Waals surface area contributed by atoms with E-state index in [1.165, 1.54) is 11.3 Å². The zero-order valence-electron chi connectivity index (χ0n) is 9.93. The first-order chi connectivity index (χ1) is 9.28. The molecule has 1 aliphatic rings. The lowest BCUT2D eigenvalue weighted by Gasteiger charge is -2.07. The van der Waals surface area contributed by atoms with Gasteiger partial charge in [0.1, 0.15) is 18.3 Å². The number of hydrogen-bond donors (Lipinski definition) is 1. The van der Waals surface area contributed by atoms with E-state index in [0.29, 0.717) is 17.6 Å². The topological polar surface area (TPSA) is 51.2 Å². The summed E-state index contributed by atoms with van der Waals surface area (Å²) in [6.45, 7) is 0.374. The molecule has 0 saturated carbocycles. The van der Waals surface area contributed by atoms with Gasteiger partial charge in [-0.15, -0.1) is 22.9 Å². The van der Waals surface area contributed by atoms with Gasteiger partial charge in [0, 0.05) is 10.9 Å². The number of benzene rings is 1. The summed E-state index contributed by atoms with van der Waals surface area (Å²) >= 11 is 7.06. The van der Waals surface area contributed by atoms with Gasteiger partial charge in [-0.1, -0.05) is 18.2 Å². The van der Waals surface area contributed by atoms with Crippen LogP contribution in [0.3, 0.4) is 0 Å². The maximum absolute atomic E-state index is 12.2. The monoisotopic (exact) mass is 294 g/mol. The molecule has 0 radical (unpaired) electrons. The molecule has 98 valence electrons. The number of fused-ring (bicyclic) bond motifs is 1. The van der Waals surface area contributed by atoms with E-state index in [9.17, 15) is 4.79 Å². The lowest BCUT2D eigenvalue weighted by molar-refractivity contribution is -0.117. The number of anilines is 1. The van der Waals surface area contributed by atoms with Crippen molar-refractivity contribution in [1.29, 1.82) is 0 Å². The van der Waals surface area contributed by atoms with Crippen molar-refractivity contribution in [2.45, 2.75) is 11.8 Å². The van der Waals surface area contributed by atoms with Gasteiger partial charge in [-0.25, -0.2) is 4.98 Å². The summed E-state index contributed by atoms with van der Waals surface area (Å²) in [6, 6.07) is 7.59. The molecule has 1 unspecified atom stereocenters. The molecule has 3 rings (SSSR count). The maximum atomic E-state index is 12.2. The number of nitrogens with one attached hydrogen (secondary N) is 1. The molecule has 1 amide bonds. The molecule has 0 saturated heterocycles. The second-order valence-corrected chi connectivity index (χ2v) is 5.29. The third-order valence-electron chi connectivity index (χ3n) is 2.94. The number of para-hydroxylation sites is 1. The number of nitrogens with zero attached hydrogens (tertiary/aromatic N) is 1. The number of hydrogen-bond acceptors (Lipinski definition) is 4. The third-order valence-corrected chi connectivity index (χ3v) is 4.02. The van der Waals surface area contributed by atoms with Crippen LogP contribution in [0, 0.1) is 0 Å². The van der Waals surface area contributed by atoms with Crippen LogP contribution in [-0.2, 0) is 10.7 Å². The lowest BCUT2D eigenvalue weighted by atomic mass is 10.0. The molecular formula is C13H11ClN2O2S. The number of carbonyl (C=O) groups is 1. The molecule has 1 atom stereocenters. The number of ether oxygens (including phenoxy) is 1. The zero-order valence-corrected chi connectivity index (χ0v) is 11.5. The van der Waals surface area contributed by atoms with Crippen molar-refractivity contribution in [1.82, 2.24) is 4.98 Å². The highest BCUT2D eigenvalue weighted by atomic mass is 35.5. The summed E-state index contributed by atoms with van der Waals surface area (Å²) in [5.41, 5.74) is 1.69. The van der Waals surface area contributed by atoms with E-state index < -0.39 is 0 Å². The molecule has 1 N–H and O–H groups in total. The van der Waals surface area contributed by atoms with Gasteiger partial charge in [0.2, 0.25) is 5.91 Å². The Morgan fingerprint density at radius 1 is 1.53 bits per heavy atom. The summed E-state index contributed by atoms with van der Waals surface area (Å²) < 4.78 is 5.50. The standard InChI is InChI=1S/C13H11ClN2O2S/c14-5-8-7-19-13(15-8)16-12(17)10-6-18-11-4-2-1-3-9(10)11/h1-4,7,10H,5-6H2,(H,15,16,17). The molecule has 1 aliphatic heterocycles. The van der Waals surface area contributed by atoms with E-state index in [-0.39, 0.29) is 11.8 Å². The van der Waals surface area contributed by atoms with E-state index >= 15 is 0 Å². The molecule has 19 heavy (non-hydrogen) atoms. The van der Waals surface area contributed by atoms with Crippen LogP contribution in [-0.4, -0.2) is 17.5 Å². The molecule has 4 nitrogen and oxygen atoms in total. The molecule has 0 fully saturated rings. The minimum atomic E-state index is -0.278. The van der Waals surface area contributed by atoms with Gasteiger partial charge >= 0.3 is 0 Å². The van der Waals surface area contributed by atoms with E-state index in [4.69, 9.17) is 16.3 Å². The molecule has 1 aromatic carbocycles. The second kappa shape index (κ2) is 5.19. The Morgan fingerprint density at radius 2 is 2.37 bits per heavy atom. The fourth-order valence-electron chi connectivity index (χ4n) is 2.00. The molecule has 2 heterocycles. The minimum Gasteiger partial charge on any atom is -0.492 e. The number of alkyl halides is 1. The van der Waals surface area contributed by atoms with E-state index in [0.717, 1.165) is 17.0 Å². The number of aromatic nitrogens is 1. The molecule has 0 spiro atoms. The fraction of sp³-hybridized carbons (Fsp3) is 0.231. The average Bonchev–Trinajstić information content (AvgIpc) is 3.04. The smallest absolute Gasteiger partial charge is 0.237 e. The Balaban J connectivity index is 1.75. The van der Waals surface area contributed by atoms with Crippen LogP contribution >= 0.6 is 22.9 Å². The summed E-state index contributed by atoms with van der Waals surface area (Å²) in [5, 5.41) is 5.22. The Labute approximate surface area is 119 Å². The van der Waals surface area contributed by atoms with Gasteiger partial charge in [0.25, 0.3) is 0 Å². The molecular weight excluding hydrogens is 284 g/mol. The third kappa shape index (κ3) is 2.43. The zero-order chi connectivity index (χ0) is 13.2. The quantitative estimate of drug-likeness (QED) is 0.885. The van der Waals surface area contributed by atoms with Crippen LogP contribution in [0.2, 0.25) is 0 Å². The number of rotatable bonds is 3. The SMILES string of the molecule is O=C(Nc1nc(CCl)cs1)C1COc2ccccc21. The largest absolute Gasteiger partial charge is 0.492 e. The Hall–Kier alpha value is -1.59. The Morgan fingerprint density at radius 3 is 3.16 bits per heavy atom. The predicted octanol–water partition coefficient (Wildman–Crippen LogP) is 3.00. The fourth-order valence-corrected chi connectivity index (χ4v) is 2.94. The van der Waals surface area contributed by atoms with Crippen molar-refractivity contribution in [3.63, 3.8) is 0 Å². The Bertz CT molecular complexity index is 614. The highest BCUT2D eigenvalue weighted by Gasteiger charge is 2.30. The van der Waals surface area contributed by atoms with Crippen molar-refractivity contribution in [3.05, 3.63) is 40.9 Å². The van der Waals surface area contributed by atoms with Crippen LogP contribution in [0.1, 0.15) is 17.2 Å².